The first kappa shape index (κ1) is 9.78. The van der Waals surface area contributed by atoms with E-state index in [-0.39, 0.29) is 0 Å². The third kappa shape index (κ3) is 1.85. The summed E-state index contributed by atoms with van der Waals surface area (Å²) in [6.45, 7) is 4.47. The highest BCUT2D eigenvalue weighted by atomic mass is 79.9. The number of benzene rings is 1. The van der Waals surface area contributed by atoms with Crippen molar-refractivity contribution in [3.63, 3.8) is 0 Å². The maximum atomic E-state index is 3.45. The minimum atomic E-state index is 1.10. The van der Waals surface area contributed by atoms with Crippen molar-refractivity contribution in [3.8, 4) is 0 Å². The van der Waals surface area contributed by atoms with Gasteiger partial charge in [-0.25, -0.2) is 0 Å². The second-order valence-corrected chi connectivity index (χ2v) is 4.38. The molecule has 74 valence electrons. The van der Waals surface area contributed by atoms with Crippen molar-refractivity contribution in [2.45, 2.75) is 13.3 Å². The first-order valence-corrected chi connectivity index (χ1v) is 5.81. The molecule has 0 radical (unpaired) electrons. The fourth-order valence-electron chi connectivity index (χ4n) is 1.86. The van der Waals surface area contributed by atoms with Crippen molar-refractivity contribution in [2.75, 3.05) is 13.1 Å². The molecule has 0 atom stereocenters. The Balaban J connectivity index is 2.26. The maximum Gasteiger partial charge on any atom is 0.0399 e. The van der Waals surface area contributed by atoms with Gasteiger partial charge < -0.3 is 4.90 Å². The molecule has 0 fully saturated rings. The van der Waals surface area contributed by atoms with Crippen molar-refractivity contribution >= 4 is 21.6 Å². The quantitative estimate of drug-likeness (QED) is 0.778. The van der Waals surface area contributed by atoms with Crippen LogP contribution in [0.2, 0.25) is 0 Å². The van der Waals surface area contributed by atoms with Crippen LogP contribution in [-0.4, -0.2) is 18.0 Å². The summed E-state index contributed by atoms with van der Waals surface area (Å²) in [4.78, 5) is 2.42. The van der Waals surface area contributed by atoms with Crippen LogP contribution in [0.25, 0.3) is 5.70 Å². The fourth-order valence-corrected chi connectivity index (χ4v) is 2.12. The standard InChI is InChI=1S/C12H14BrN/c1-2-14-9-3-4-12(14)10-5-7-11(13)8-6-10/h4-8H,2-3,9H2,1H3. The van der Waals surface area contributed by atoms with Crippen LogP contribution in [0.1, 0.15) is 18.9 Å². The summed E-state index contributed by atoms with van der Waals surface area (Å²) in [5.41, 5.74) is 2.72. The predicted octanol–water partition coefficient (Wildman–Crippen LogP) is 3.52. The van der Waals surface area contributed by atoms with Gasteiger partial charge in [0.15, 0.2) is 0 Å². The average Bonchev–Trinajstić information content (AvgIpc) is 2.67. The molecule has 1 heterocycles. The van der Waals surface area contributed by atoms with Gasteiger partial charge in [0.2, 0.25) is 0 Å². The van der Waals surface area contributed by atoms with E-state index in [1.807, 2.05) is 0 Å². The van der Waals surface area contributed by atoms with Crippen LogP contribution in [0, 0.1) is 0 Å². The molecule has 0 spiro atoms. The van der Waals surface area contributed by atoms with Gasteiger partial charge in [0.1, 0.15) is 0 Å². The van der Waals surface area contributed by atoms with E-state index in [1.165, 1.54) is 24.2 Å². The Hall–Kier alpha value is -0.760. The number of hydrogen-bond donors (Lipinski definition) is 0. The molecule has 2 rings (SSSR count). The summed E-state index contributed by atoms with van der Waals surface area (Å²) >= 11 is 3.45. The normalized spacial score (nSPS) is 15.9. The van der Waals surface area contributed by atoms with Gasteiger partial charge in [0, 0.05) is 23.3 Å². The van der Waals surface area contributed by atoms with Gasteiger partial charge >= 0.3 is 0 Å². The Morgan fingerprint density at radius 1 is 1.29 bits per heavy atom. The molecular formula is C12H14BrN. The SMILES string of the molecule is CCN1CCC=C1c1ccc(Br)cc1. The summed E-state index contributed by atoms with van der Waals surface area (Å²) in [6, 6.07) is 8.54. The summed E-state index contributed by atoms with van der Waals surface area (Å²) in [5, 5.41) is 0. The highest BCUT2D eigenvalue weighted by Crippen LogP contribution is 2.25. The smallest absolute Gasteiger partial charge is 0.0399 e. The highest BCUT2D eigenvalue weighted by molar-refractivity contribution is 9.10. The predicted molar refractivity (Wildman–Crippen MR) is 64.0 cm³/mol. The van der Waals surface area contributed by atoms with E-state index in [4.69, 9.17) is 0 Å². The summed E-state index contributed by atoms with van der Waals surface area (Å²) in [7, 11) is 0. The Morgan fingerprint density at radius 3 is 2.64 bits per heavy atom. The third-order valence-corrected chi connectivity index (χ3v) is 3.13. The van der Waals surface area contributed by atoms with Crippen LogP contribution >= 0.6 is 15.9 Å². The lowest BCUT2D eigenvalue weighted by molar-refractivity contribution is 0.449. The number of nitrogens with zero attached hydrogens (tertiary/aromatic N) is 1. The largest absolute Gasteiger partial charge is 0.371 e. The number of rotatable bonds is 2. The minimum absolute atomic E-state index is 1.10. The molecule has 0 amide bonds. The molecule has 2 heteroatoms. The van der Waals surface area contributed by atoms with Gasteiger partial charge in [-0.1, -0.05) is 34.1 Å². The molecule has 1 aromatic carbocycles. The zero-order valence-corrected chi connectivity index (χ0v) is 9.92. The Kier molecular flexibility index (Phi) is 2.92. The van der Waals surface area contributed by atoms with E-state index < -0.39 is 0 Å². The number of halogens is 1. The molecule has 1 aliphatic heterocycles. The van der Waals surface area contributed by atoms with Crippen LogP contribution in [0.15, 0.2) is 34.8 Å². The third-order valence-electron chi connectivity index (χ3n) is 2.60. The van der Waals surface area contributed by atoms with Crippen LogP contribution in [0.4, 0.5) is 0 Å². The summed E-state index contributed by atoms with van der Waals surface area (Å²) < 4.78 is 1.14. The van der Waals surface area contributed by atoms with Gasteiger partial charge in [0.05, 0.1) is 0 Å². The molecule has 1 nitrogen and oxygen atoms in total. The van der Waals surface area contributed by atoms with Crippen molar-refractivity contribution in [3.05, 3.63) is 40.4 Å². The second kappa shape index (κ2) is 4.18. The first-order valence-electron chi connectivity index (χ1n) is 5.02. The van der Waals surface area contributed by atoms with Gasteiger partial charge in [0.25, 0.3) is 0 Å². The molecule has 1 aliphatic rings. The molecule has 14 heavy (non-hydrogen) atoms. The van der Waals surface area contributed by atoms with E-state index in [9.17, 15) is 0 Å². The monoisotopic (exact) mass is 251 g/mol. The Morgan fingerprint density at radius 2 is 2.00 bits per heavy atom. The van der Waals surface area contributed by atoms with E-state index in [2.05, 4.69) is 58.1 Å². The lowest BCUT2D eigenvalue weighted by Gasteiger charge is -2.20. The molecule has 0 unspecified atom stereocenters. The van der Waals surface area contributed by atoms with E-state index >= 15 is 0 Å². The molecule has 0 bridgehead atoms. The molecule has 1 aromatic rings. The van der Waals surface area contributed by atoms with Gasteiger partial charge in [-0.05, 0) is 31.0 Å². The Labute approximate surface area is 93.6 Å². The molecular weight excluding hydrogens is 238 g/mol. The van der Waals surface area contributed by atoms with Crippen molar-refractivity contribution in [1.29, 1.82) is 0 Å². The van der Waals surface area contributed by atoms with Gasteiger partial charge in [-0.3, -0.25) is 0 Å². The van der Waals surface area contributed by atoms with E-state index in [1.54, 1.807) is 0 Å². The van der Waals surface area contributed by atoms with Gasteiger partial charge in [-0.2, -0.15) is 0 Å². The Bertz CT molecular complexity index is 340. The molecule has 0 saturated heterocycles. The highest BCUT2D eigenvalue weighted by Gasteiger charge is 2.14. The average molecular weight is 252 g/mol. The van der Waals surface area contributed by atoms with Crippen molar-refractivity contribution in [2.24, 2.45) is 0 Å². The lowest BCUT2D eigenvalue weighted by atomic mass is 10.1. The minimum Gasteiger partial charge on any atom is -0.371 e. The summed E-state index contributed by atoms with van der Waals surface area (Å²) in [6.07, 6.45) is 3.51. The lowest BCUT2D eigenvalue weighted by Crippen LogP contribution is -2.17. The van der Waals surface area contributed by atoms with Crippen molar-refractivity contribution < 1.29 is 0 Å². The molecule has 0 aliphatic carbocycles. The first-order chi connectivity index (χ1) is 6.81. The van der Waals surface area contributed by atoms with E-state index in [0.29, 0.717) is 0 Å². The zero-order chi connectivity index (χ0) is 9.97. The summed E-state index contributed by atoms with van der Waals surface area (Å²) in [5.74, 6) is 0. The molecule has 0 saturated carbocycles. The second-order valence-electron chi connectivity index (χ2n) is 3.46. The zero-order valence-electron chi connectivity index (χ0n) is 8.33. The van der Waals surface area contributed by atoms with Crippen LogP contribution in [-0.2, 0) is 0 Å². The molecule has 0 N–H and O–H groups in total. The van der Waals surface area contributed by atoms with Crippen molar-refractivity contribution in [1.82, 2.24) is 4.90 Å². The van der Waals surface area contributed by atoms with Crippen LogP contribution in [0.3, 0.4) is 0 Å². The number of hydrogen-bond acceptors (Lipinski definition) is 1. The van der Waals surface area contributed by atoms with Gasteiger partial charge in [-0.15, -0.1) is 0 Å². The molecule has 0 aromatic heterocycles. The van der Waals surface area contributed by atoms with Crippen LogP contribution < -0.4 is 0 Å². The fraction of sp³-hybridized carbons (Fsp3) is 0.333. The van der Waals surface area contributed by atoms with Crippen LogP contribution in [0.5, 0.6) is 0 Å². The van der Waals surface area contributed by atoms with E-state index in [0.717, 1.165) is 11.0 Å². The topological polar surface area (TPSA) is 3.24 Å². The maximum absolute atomic E-state index is 3.45.